The van der Waals surface area contributed by atoms with Crippen molar-refractivity contribution in [3.05, 3.63) is 29.3 Å². The Hall–Kier alpha value is -1.19. The number of anilines is 1. The zero-order valence-electron chi connectivity index (χ0n) is 9.28. The van der Waals surface area contributed by atoms with Crippen LogP contribution >= 0.6 is 0 Å². The highest BCUT2D eigenvalue weighted by molar-refractivity contribution is 5.56. The summed E-state index contributed by atoms with van der Waals surface area (Å²) < 4.78 is 37.5. The summed E-state index contributed by atoms with van der Waals surface area (Å²) in [4.78, 5) is 0. The number of rotatable bonds is 0. The summed E-state index contributed by atoms with van der Waals surface area (Å²) >= 11 is 0. The zero-order chi connectivity index (χ0) is 12.0. The van der Waals surface area contributed by atoms with Crippen molar-refractivity contribution in [2.75, 3.05) is 5.32 Å². The first-order chi connectivity index (χ1) is 7.28. The van der Waals surface area contributed by atoms with Crippen LogP contribution < -0.4 is 5.32 Å². The van der Waals surface area contributed by atoms with Crippen LogP contribution in [0, 0.1) is 0 Å². The van der Waals surface area contributed by atoms with E-state index >= 15 is 0 Å². The van der Waals surface area contributed by atoms with Crippen LogP contribution in [0.2, 0.25) is 0 Å². The van der Waals surface area contributed by atoms with Crippen molar-refractivity contribution in [1.29, 1.82) is 0 Å². The van der Waals surface area contributed by atoms with E-state index in [1.165, 1.54) is 12.1 Å². The highest BCUT2D eigenvalue weighted by Crippen LogP contribution is 2.36. The molecular weight excluding hydrogens is 215 g/mol. The van der Waals surface area contributed by atoms with Gasteiger partial charge in [-0.3, -0.25) is 0 Å². The van der Waals surface area contributed by atoms with Crippen molar-refractivity contribution in [3.63, 3.8) is 0 Å². The van der Waals surface area contributed by atoms with Gasteiger partial charge in [0.1, 0.15) is 0 Å². The zero-order valence-corrected chi connectivity index (χ0v) is 9.28. The van der Waals surface area contributed by atoms with Crippen LogP contribution in [0.3, 0.4) is 0 Å². The summed E-state index contributed by atoms with van der Waals surface area (Å²) in [6.07, 6.45) is -2.71. The fraction of sp³-hybridized carbons (Fsp3) is 0.500. The Balaban J connectivity index is 2.36. The van der Waals surface area contributed by atoms with Gasteiger partial charge in [-0.2, -0.15) is 13.2 Å². The van der Waals surface area contributed by atoms with Crippen LogP contribution in [0.4, 0.5) is 18.9 Å². The topological polar surface area (TPSA) is 12.0 Å². The van der Waals surface area contributed by atoms with E-state index < -0.39 is 11.7 Å². The molecule has 0 aromatic heterocycles. The molecule has 1 aliphatic heterocycles. The highest BCUT2D eigenvalue weighted by atomic mass is 19.4. The van der Waals surface area contributed by atoms with E-state index in [0.717, 1.165) is 23.7 Å². The maximum Gasteiger partial charge on any atom is 0.416 e. The SMILES string of the molecule is CC1(C)CCc2cc(C(F)(F)F)ccc2N1. The molecule has 1 N–H and O–H groups in total. The van der Waals surface area contributed by atoms with Crippen LogP contribution in [0.25, 0.3) is 0 Å². The molecule has 2 rings (SSSR count). The van der Waals surface area contributed by atoms with Gasteiger partial charge in [0.2, 0.25) is 0 Å². The summed E-state index contributed by atoms with van der Waals surface area (Å²) in [5.41, 5.74) is 0.985. The molecule has 0 radical (unpaired) electrons. The molecule has 0 saturated carbocycles. The monoisotopic (exact) mass is 229 g/mol. The number of hydrogen-bond acceptors (Lipinski definition) is 1. The van der Waals surface area contributed by atoms with Gasteiger partial charge in [0.25, 0.3) is 0 Å². The van der Waals surface area contributed by atoms with E-state index in [0.29, 0.717) is 6.42 Å². The summed E-state index contributed by atoms with van der Waals surface area (Å²) in [6, 6.07) is 3.91. The molecule has 0 spiro atoms. The Morgan fingerprint density at radius 1 is 1.25 bits per heavy atom. The van der Waals surface area contributed by atoms with Gasteiger partial charge in [0.15, 0.2) is 0 Å². The standard InChI is InChI=1S/C12H14F3N/c1-11(2)6-5-8-7-9(12(13,14)15)3-4-10(8)16-11/h3-4,7,16H,5-6H2,1-2H3. The van der Waals surface area contributed by atoms with E-state index in [2.05, 4.69) is 5.32 Å². The molecule has 16 heavy (non-hydrogen) atoms. The molecule has 88 valence electrons. The van der Waals surface area contributed by atoms with Gasteiger partial charge in [-0.1, -0.05) is 0 Å². The Kier molecular flexibility index (Phi) is 2.40. The first kappa shape index (κ1) is 11.3. The number of halogens is 3. The van der Waals surface area contributed by atoms with Crippen molar-refractivity contribution in [2.24, 2.45) is 0 Å². The van der Waals surface area contributed by atoms with Crippen molar-refractivity contribution >= 4 is 5.69 Å². The average molecular weight is 229 g/mol. The lowest BCUT2D eigenvalue weighted by atomic mass is 9.89. The molecule has 0 amide bonds. The minimum Gasteiger partial charge on any atom is -0.380 e. The van der Waals surface area contributed by atoms with Crippen LogP contribution in [-0.2, 0) is 12.6 Å². The highest BCUT2D eigenvalue weighted by Gasteiger charge is 2.32. The molecule has 1 aromatic carbocycles. The number of alkyl halides is 3. The van der Waals surface area contributed by atoms with Gasteiger partial charge in [-0.25, -0.2) is 0 Å². The van der Waals surface area contributed by atoms with Gasteiger partial charge in [0.05, 0.1) is 5.56 Å². The molecule has 0 fully saturated rings. The average Bonchev–Trinajstić information content (AvgIpc) is 2.14. The second-order valence-electron chi connectivity index (χ2n) is 4.88. The molecule has 0 atom stereocenters. The van der Waals surface area contributed by atoms with Gasteiger partial charge in [-0.15, -0.1) is 0 Å². The van der Waals surface area contributed by atoms with Crippen molar-refractivity contribution in [3.8, 4) is 0 Å². The second kappa shape index (κ2) is 3.40. The van der Waals surface area contributed by atoms with Gasteiger partial charge < -0.3 is 5.32 Å². The van der Waals surface area contributed by atoms with E-state index in [-0.39, 0.29) is 5.54 Å². The first-order valence-corrected chi connectivity index (χ1v) is 5.26. The first-order valence-electron chi connectivity index (χ1n) is 5.26. The maximum atomic E-state index is 12.5. The third kappa shape index (κ3) is 2.15. The van der Waals surface area contributed by atoms with Gasteiger partial charge in [0, 0.05) is 11.2 Å². The lowest BCUT2D eigenvalue weighted by molar-refractivity contribution is -0.137. The summed E-state index contributed by atoms with van der Waals surface area (Å²) in [5, 5.41) is 3.25. The smallest absolute Gasteiger partial charge is 0.380 e. The number of fused-ring (bicyclic) bond motifs is 1. The summed E-state index contributed by atoms with van der Waals surface area (Å²) in [6.45, 7) is 4.10. The number of nitrogens with one attached hydrogen (secondary N) is 1. The van der Waals surface area contributed by atoms with E-state index in [1.54, 1.807) is 0 Å². The Labute approximate surface area is 92.7 Å². The molecule has 1 heterocycles. The van der Waals surface area contributed by atoms with Crippen LogP contribution in [0.1, 0.15) is 31.4 Å². The van der Waals surface area contributed by atoms with Crippen LogP contribution in [0.5, 0.6) is 0 Å². The van der Waals surface area contributed by atoms with Crippen LogP contribution in [-0.4, -0.2) is 5.54 Å². The second-order valence-corrected chi connectivity index (χ2v) is 4.88. The quantitative estimate of drug-likeness (QED) is 0.712. The van der Waals surface area contributed by atoms with Gasteiger partial charge in [-0.05, 0) is 50.5 Å². The van der Waals surface area contributed by atoms with E-state index in [9.17, 15) is 13.2 Å². The van der Waals surface area contributed by atoms with Crippen molar-refractivity contribution in [1.82, 2.24) is 0 Å². The number of hydrogen-bond donors (Lipinski definition) is 1. The Morgan fingerprint density at radius 3 is 2.56 bits per heavy atom. The molecule has 1 aliphatic rings. The van der Waals surface area contributed by atoms with E-state index in [1.807, 2.05) is 13.8 Å². The molecule has 0 unspecified atom stereocenters. The molecule has 1 aromatic rings. The fourth-order valence-electron chi connectivity index (χ4n) is 1.97. The normalized spacial score (nSPS) is 18.8. The third-order valence-electron chi connectivity index (χ3n) is 2.92. The lowest BCUT2D eigenvalue weighted by Gasteiger charge is -2.34. The number of aryl methyl sites for hydroxylation is 1. The molecule has 1 nitrogen and oxygen atoms in total. The fourth-order valence-corrected chi connectivity index (χ4v) is 1.97. The van der Waals surface area contributed by atoms with Crippen LogP contribution in [0.15, 0.2) is 18.2 Å². The predicted molar refractivity (Wildman–Crippen MR) is 57.5 cm³/mol. The largest absolute Gasteiger partial charge is 0.416 e. The molecule has 0 aliphatic carbocycles. The van der Waals surface area contributed by atoms with Crippen molar-refractivity contribution < 1.29 is 13.2 Å². The minimum atomic E-state index is -4.25. The third-order valence-corrected chi connectivity index (χ3v) is 2.92. The molecule has 0 bridgehead atoms. The molecule has 4 heteroatoms. The Bertz CT molecular complexity index is 407. The maximum absolute atomic E-state index is 12.5. The summed E-state index contributed by atoms with van der Waals surface area (Å²) in [5.74, 6) is 0. The predicted octanol–water partition coefficient (Wildman–Crippen LogP) is 3.84. The van der Waals surface area contributed by atoms with Crippen molar-refractivity contribution in [2.45, 2.75) is 38.4 Å². The van der Waals surface area contributed by atoms with E-state index in [4.69, 9.17) is 0 Å². The van der Waals surface area contributed by atoms with Gasteiger partial charge >= 0.3 is 6.18 Å². The minimum absolute atomic E-state index is 0.0350. The molecule has 0 saturated heterocycles. The Morgan fingerprint density at radius 2 is 1.94 bits per heavy atom. The number of benzene rings is 1. The molecular formula is C12H14F3N. The summed E-state index contributed by atoms with van der Waals surface area (Å²) in [7, 11) is 0. The lowest BCUT2D eigenvalue weighted by Crippen LogP contribution is -2.35.